The van der Waals surface area contributed by atoms with Crippen molar-refractivity contribution in [3.8, 4) is 0 Å². The van der Waals surface area contributed by atoms with Crippen LogP contribution in [0.3, 0.4) is 0 Å². The van der Waals surface area contributed by atoms with Gasteiger partial charge in [-0.25, -0.2) is 0 Å². The molecule has 136 valence electrons. The Morgan fingerprint density at radius 2 is 1.81 bits per heavy atom. The van der Waals surface area contributed by atoms with Crippen LogP contribution in [0.25, 0.3) is 0 Å². The van der Waals surface area contributed by atoms with E-state index in [1.165, 1.54) is 5.56 Å². The number of nitrogens with zero attached hydrogens (tertiary/aromatic N) is 1. The molecular formula is C21H25N3O2. The van der Waals surface area contributed by atoms with E-state index in [1.807, 2.05) is 43.3 Å². The normalized spacial score (nSPS) is 16.6. The van der Waals surface area contributed by atoms with E-state index in [4.69, 9.17) is 0 Å². The zero-order chi connectivity index (χ0) is 18.9. The number of aryl methyl sites for hydroxylation is 1. The Kier molecular flexibility index (Phi) is 4.83. The second-order valence-electron chi connectivity index (χ2n) is 7.22. The first kappa shape index (κ1) is 18.1. The third kappa shape index (κ3) is 3.22. The average Bonchev–Trinajstić information content (AvgIpc) is 2.60. The van der Waals surface area contributed by atoms with Gasteiger partial charge in [0.2, 0.25) is 11.8 Å². The van der Waals surface area contributed by atoms with Gasteiger partial charge in [-0.15, -0.1) is 0 Å². The summed E-state index contributed by atoms with van der Waals surface area (Å²) in [4.78, 5) is 27.1. The number of fused-ring (bicyclic) bond motifs is 1. The van der Waals surface area contributed by atoms with Gasteiger partial charge in [-0.2, -0.15) is 0 Å². The van der Waals surface area contributed by atoms with E-state index < -0.39 is 5.54 Å². The summed E-state index contributed by atoms with van der Waals surface area (Å²) < 4.78 is 0. The van der Waals surface area contributed by atoms with Gasteiger partial charge < -0.3 is 10.6 Å². The van der Waals surface area contributed by atoms with Gasteiger partial charge in [0.1, 0.15) is 5.54 Å². The molecule has 0 fully saturated rings. The molecule has 26 heavy (non-hydrogen) atoms. The highest BCUT2D eigenvalue weighted by molar-refractivity contribution is 6.14. The third-order valence-corrected chi connectivity index (χ3v) is 4.97. The maximum absolute atomic E-state index is 13.0. The Labute approximate surface area is 154 Å². The number of nitrogens with one attached hydrogen (secondary N) is 2. The van der Waals surface area contributed by atoms with Crippen molar-refractivity contribution >= 4 is 23.2 Å². The largest absolute Gasteiger partial charge is 0.322 e. The van der Waals surface area contributed by atoms with Crippen molar-refractivity contribution in [3.05, 3.63) is 59.7 Å². The molecule has 2 aromatic rings. The third-order valence-electron chi connectivity index (χ3n) is 4.97. The first-order valence-electron chi connectivity index (χ1n) is 8.85. The average molecular weight is 351 g/mol. The Balaban J connectivity index is 1.80. The molecule has 1 aliphatic heterocycles. The van der Waals surface area contributed by atoms with E-state index in [0.29, 0.717) is 5.69 Å². The molecule has 0 bridgehead atoms. The molecule has 0 aliphatic carbocycles. The summed E-state index contributed by atoms with van der Waals surface area (Å²) in [5.74, 6) is -0.311. The summed E-state index contributed by atoms with van der Waals surface area (Å²) >= 11 is 0. The number of anilines is 2. The Morgan fingerprint density at radius 3 is 2.54 bits per heavy atom. The van der Waals surface area contributed by atoms with E-state index in [1.54, 1.807) is 18.7 Å². The molecule has 2 amide bonds. The van der Waals surface area contributed by atoms with Gasteiger partial charge in [0.25, 0.3) is 0 Å². The number of hydrogen-bond acceptors (Lipinski definition) is 3. The van der Waals surface area contributed by atoms with E-state index in [2.05, 4.69) is 29.7 Å². The van der Waals surface area contributed by atoms with Crippen LogP contribution in [-0.2, 0) is 9.59 Å². The number of rotatable bonds is 4. The van der Waals surface area contributed by atoms with Crippen LogP contribution in [0.5, 0.6) is 0 Å². The summed E-state index contributed by atoms with van der Waals surface area (Å²) in [5, 5.41) is 6.18. The molecule has 1 aliphatic rings. The summed E-state index contributed by atoms with van der Waals surface area (Å²) in [6.07, 6.45) is 0. The molecular weight excluding hydrogens is 326 g/mol. The number of hydrogen-bond donors (Lipinski definition) is 2. The summed E-state index contributed by atoms with van der Waals surface area (Å²) in [5.41, 5.74) is 2.79. The Hall–Kier alpha value is -2.66. The van der Waals surface area contributed by atoms with E-state index in [9.17, 15) is 9.59 Å². The number of para-hydroxylation sites is 2. The van der Waals surface area contributed by atoms with Crippen molar-refractivity contribution in [1.82, 2.24) is 5.32 Å². The van der Waals surface area contributed by atoms with Crippen molar-refractivity contribution in [2.45, 2.75) is 39.3 Å². The molecule has 0 aromatic heterocycles. The fourth-order valence-corrected chi connectivity index (χ4v) is 3.40. The van der Waals surface area contributed by atoms with Gasteiger partial charge in [-0.1, -0.05) is 36.4 Å². The van der Waals surface area contributed by atoms with Gasteiger partial charge in [0.15, 0.2) is 0 Å². The maximum atomic E-state index is 13.0. The van der Waals surface area contributed by atoms with Crippen molar-refractivity contribution < 1.29 is 9.59 Å². The number of carbonyl (C=O) groups is 2. The minimum absolute atomic E-state index is 0.0390. The lowest BCUT2D eigenvalue weighted by molar-refractivity contribution is -0.126. The Morgan fingerprint density at radius 1 is 1.15 bits per heavy atom. The lowest BCUT2D eigenvalue weighted by Crippen LogP contribution is -2.60. The van der Waals surface area contributed by atoms with Crippen LogP contribution < -0.4 is 15.5 Å². The summed E-state index contributed by atoms with van der Waals surface area (Å²) in [7, 11) is 0. The lowest BCUT2D eigenvalue weighted by Gasteiger charge is -2.42. The first-order chi connectivity index (χ1) is 12.3. The summed E-state index contributed by atoms with van der Waals surface area (Å²) in [6, 6.07) is 15.5. The number of benzene rings is 2. The van der Waals surface area contributed by atoms with Crippen LogP contribution in [0.4, 0.5) is 11.4 Å². The quantitative estimate of drug-likeness (QED) is 0.887. The second kappa shape index (κ2) is 6.92. The van der Waals surface area contributed by atoms with Gasteiger partial charge in [-0.3, -0.25) is 14.5 Å². The van der Waals surface area contributed by atoms with E-state index in [0.717, 1.165) is 11.3 Å². The molecule has 0 spiro atoms. The zero-order valence-corrected chi connectivity index (χ0v) is 15.7. The predicted molar refractivity (Wildman–Crippen MR) is 104 cm³/mol. The van der Waals surface area contributed by atoms with Crippen LogP contribution in [0.1, 0.15) is 37.9 Å². The van der Waals surface area contributed by atoms with Crippen molar-refractivity contribution in [3.63, 3.8) is 0 Å². The highest BCUT2D eigenvalue weighted by Crippen LogP contribution is 2.36. The number of carbonyl (C=O) groups excluding carboxylic acids is 2. The Bertz CT molecular complexity index is 845. The predicted octanol–water partition coefficient (Wildman–Crippen LogP) is 3.41. The minimum Gasteiger partial charge on any atom is -0.322 e. The molecule has 3 rings (SSSR count). The lowest BCUT2D eigenvalue weighted by atomic mass is 9.96. The van der Waals surface area contributed by atoms with Gasteiger partial charge in [0.05, 0.1) is 17.9 Å². The molecule has 1 heterocycles. The maximum Gasteiger partial charge on any atom is 0.250 e. The molecule has 5 nitrogen and oxygen atoms in total. The SMILES string of the molecule is Cc1ccccc1[C@@H](C)NCC(=O)N1c2ccccc2NC(=O)C1(C)C. The topological polar surface area (TPSA) is 61.4 Å². The van der Waals surface area contributed by atoms with Crippen LogP contribution in [0, 0.1) is 6.92 Å². The zero-order valence-electron chi connectivity index (χ0n) is 15.7. The molecule has 0 saturated carbocycles. The van der Waals surface area contributed by atoms with E-state index >= 15 is 0 Å². The standard InChI is InChI=1S/C21H25N3O2/c1-14-9-5-6-10-16(14)15(2)22-13-19(25)24-18-12-8-7-11-17(18)23-20(26)21(24,3)4/h5-12,15,22H,13H2,1-4H3,(H,23,26)/t15-/m1/s1. The molecule has 0 saturated heterocycles. The fraction of sp³-hybridized carbons (Fsp3) is 0.333. The highest BCUT2D eigenvalue weighted by Gasteiger charge is 2.43. The van der Waals surface area contributed by atoms with Crippen molar-refractivity contribution in [2.24, 2.45) is 0 Å². The van der Waals surface area contributed by atoms with E-state index in [-0.39, 0.29) is 24.4 Å². The monoisotopic (exact) mass is 351 g/mol. The molecule has 0 radical (unpaired) electrons. The second-order valence-corrected chi connectivity index (χ2v) is 7.22. The minimum atomic E-state index is -0.945. The van der Waals surface area contributed by atoms with Crippen LogP contribution in [0.2, 0.25) is 0 Å². The van der Waals surface area contributed by atoms with Gasteiger partial charge in [0, 0.05) is 6.04 Å². The van der Waals surface area contributed by atoms with Crippen molar-refractivity contribution in [1.29, 1.82) is 0 Å². The molecule has 0 unspecified atom stereocenters. The summed E-state index contributed by atoms with van der Waals surface area (Å²) in [6.45, 7) is 7.78. The van der Waals surface area contributed by atoms with Gasteiger partial charge in [-0.05, 0) is 51.0 Å². The van der Waals surface area contributed by atoms with Crippen LogP contribution in [0.15, 0.2) is 48.5 Å². The molecule has 5 heteroatoms. The van der Waals surface area contributed by atoms with Crippen molar-refractivity contribution in [2.75, 3.05) is 16.8 Å². The first-order valence-corrected chi connectivity index (χ1v) is 8.85. The van der Waals surface area contributed by atoms with Gasteiger partial charge >= 0.3 is 0 Å². The van der Waals surface area contributed by atoms with Crippen LogP contribution >= 0.6 is 0 Å². The fourth-order valence-electron chi connectivity index (χ4n) is 3.40. The molecule has 2 aromatic carbocycles. The highest BCUT2D eigenvalue weighted by atomic mass is 16.2. The smallest absolute Gasteiger partial charge is 0.250 e. The molecule has 1 atom stereocenters. The van der Waals surface area contributed by atoms with Crippen LogP contribution in [-0.4, -0.2) is 23.9 Å². The number of amides is 2. The molecule has 2 N–H and O–H groups in total.